The Kier molecular flexibility index (Phi) is 3.26. The maximum atomic E-state index is 5.90. The van der Waals surface area contributed by atoms with Crippen molar-refractivity contribution in [1.82, 2.24) is 9.97 Å². The molecule has 0 amide bonds. The van der Waals surface area contributed by atoms with Gasteiger partial charge in [-0.3, -0.25) is 0 Å². The Labute approximate surface area is 115 Å². The quantitative estimate of drug-likeness (QED) is 0.778. The van der Waals surface area contributed by atoms with Gasteiger partial charge in [0, 0.05) is 19.3 Å². The largest absolute Gasteiger partial charge is 0.355 e. The fraction of sp³-hybridized carbons (Fsp3) is 0.667. The molecule has 0 spiro atoms. The topological polar surface area (TPSA) is 29.0 Å². The summed E-state index contributed by atoms with van der Waals surface area (Å²) in [4.78, 5) is 10.7. The van der Waals surface area contributed by atoms with Crippen molar-refractivity contribution in [2.24, 2.45) is 11.8 Å². The van der Waals surface area contributed by atoms with E-state index in [0.29, 0.717) is 5.28 Å². The second-order valence-corrected chi connectivity index (χ2v) is 6.29. The monoisotopic (exact) mass is 315 g/mol. The van der Waals surface area contributed by atoms with Crippen LogP contribution in [0, 0.1) is 11.8 Å². The summed E-state index contributed by atoms with van der Waals surface area (Å²) in [7, 11) is 0. The van der Waals surface area contributed by atoms with Crippen LogP contribution in [0.3, 0.4) is 0 Å². The zero-order chi connectivity index (χ0) is 11.8. The first-order valence-corrected chi connectivity index (χ1v) is 7.32. The third-order valence-corrected chi connectivity index (χ3v) is 4.09. The van der Waals surface area contributed by atoms with E-state index in [0.717, 1.165) is 35.2 Å². The molecule has 17 heavy (non-hydrogen) atoms. The Morgan fingerprint density at radius 1 is 1.24 bits per heavy atom. The maximum Gasteiger partial charge on any atom is 0.224 e. The van der Waals surface area contributed by atoms with Crippen LogP contribution in [0.1, 0.15) is 25.7 Å². The Morgan fingerprint density at radius 3 is 2.35 bits per heavy atom. The molecule has 2 saturated carbocycles. The van der Waals surface area contributed by atoms with E-state index in [1.807, 2.05) is 0 Å². The molecule has 1 heterocycles. The number of aromatic nitrogens is 2. The molecule has 0 N–H and O–H groups in total. The van der Waals surface area contributed by atoms with Crippen LogP contribution in [0.2, 0.25) is 5.28 Å². The van der Waals surface area contributed by atoms with Gasteiger partial charge in [0.2, 0.25) is 5.28 Å². The first-order chi connectivity index (χ1) is 8.22. The molecule has 1 aromatic heterocycles. The summed E-state index contributed by atoms with van der Waals surface area (Å²) in [5.41, 5.74) is 0. The van der Waals surface area contributed by atoms with Crippen LogP contribution in [0.5, 0.6) is 0 Å². The van der Waals surface area contributed by atoms with Crippen molar-refractivity contribution >= 4 is 33.3 Å². The van der Waals surface area contributed by atoms with Gasteiger partial charge in [0.25, 0.3) is 0 Å². The normalized spacial score (nSPS) is 19.4. The van der Waals surface area contributed by atoms with Crippen molar-refractivity contribution in [2.75, 3.05) is 18.0 Å². The zero-order valence-electron chi connectivity index (χ0n) is 9.57. The molecule has 1 aromatic rings. The predicted molar refractivity (Wildman–Crippen MR) is 72.4 cm³/mol. The average Bonchev–Trinajstić information content (AvgIpc) is 3.15. The summed E-state index contributed by atoms with van der Waals surface area (Å²) in [5, 5.41) is 0.333. The molecule has 2 fully saturated rings. The number of anilines is 1. The van der Waals surface area contributed by atoms with Gasteiger partial charge in [-0.15, -0.1) is 0 Å². The van der Waals surface area contributed by atoms with Gasteiger partial charge in [0.15, 0.2) is 0 Å². The number of hydrogen-bond donors (Lipinski definition) is 0. The van der Waals surface area contributed by atoms with E-state index < -0.39 is 0 Å². The van der Waals surface area contributed by atoms with Gasteiger partial charge < -0.3 is 4.90 Å². The highest BCUT2D eigenvalue weighted by Gasteiger charge is 2.30. The van der Waals surface area contributed by atoms with E-state index >= 15 is 0 Å². The van der Waals surface area contributed by atoms with E-state index in [-0.39, 0.29) is 0 Å². The Morgan fingerprint density at radius 2 is 1.82 bits per heavy atom. The third kappa shape index (κ3) is 3.10. The average molecular weight is 317 g/mol. The minimum atomic E-state index is 0.333. The van der Waals surface area contributed by atoms with E-state index in [1.165, 1.54) is 25.7 Å². The molecule has 0 atom stereocenters. The molecule has 0 unspecified atom stereocenters. The molecule has 0 bridgehead atoms. The lowest BCUT2D eigenvalue weighted by Crippen LogP contribution is -2.29. The van der Waals surface area contributed by atoms with Gasteiger partial charge in [0.05, 0.1) is 4.47 Å². The lowest BCUT2D eigenvalue weighted by Gasteiger charge is -2.24. The molecule has 0 aromatic carbocycles. The predicted octanol–water partition coefficient (Wildman–Crippen LogP) is 3.52. The summed E-state index contributed by atoms with van der Waals surface area (Å²) in [5.74, 6) is 2.67. The Bertz CT molecular complexity index is 404. The van der Waals surface area contributed by atoms with Crippen molar-refractivity contribution in [3.63, 3.8) is 0 Å². The summed E-state index contributed by atoms with van der Waals surface area (Å²) in [6.45, 7) is 2.23. The van der Waals surface area contributed by atoms with Crippen molar-refractivity contribution in [3.8, 4) is 0 Å². The third-order valence-electron chi connectivity index (χ3n) is 3.35. The standard InChI is InChI=1S/C12H15BrClN3/c13-10-5-15-12(14)16-11(10)17(6-8-1-2-8)7-9-3-4-9/h5,8-9H,1-4,6-7H2. The maximum absolute atomic E-state index is 5.90. The van der Waals surface area contributed by atoms with Crippen LogP contribution in [0.4, 0.5) is 5.82 Å². The van der Waals surface area contributed by atoms with Crippen LogP contribution in [0.25, 0.3) is 0 Å². The van der Waals surface area contributed by atoms with Gasteiger partial charge in [-0.05, 0) is 65.0 Å². The fourth-order valence-electron chi connectivity index (χ4n) is 2.03. The van der Waals surface area contributed by atoms with Gasteiger partial charge in [-0.2, -0.15) is 4.98 Å². The first-order valence-electron chi connectivity index (χ1n) is 6.15. The van der Waals surface area contributed by atoms with Crippen molar-refractivity contribution in [2.45, 2.75) is 25.7 Å². The van der Waals surface area contributed by atoms with E-state index in [4.69, 9.17) is 11.6 Å². The van der Waals surface area contributed by atoms with Gasteiger partial charge in [-0.1, -0.05) is 0 Å². The molecule has 0 saturated heterocycles. The molecule has 3 rings (SSSR count). The highest BCUT2D eigenvalue weighted by atomic mass is 79.9. The van der Waals surface area contributed by atoms with Crippen LogP contribution in [-0.2, 0) is 0 Å². The minimum absolute atomic E-state index is 0.333. The molecule has 3 nitrogen and oxygen atoms in total. The van der Waals surface area contributed by atoms with Gasteiger partial charge in [-0.25, -0.2) is 4.98 Å². The summed E-state index contributed by atoms with van der Waals surface area (Å²) >= 11 is 9.42. The van der Waals surface area contributed by atoms with Gasteiger partial charge >= 0.3 is 0 Å². The molecule has 92 valence electrons. The molecule has 5 heteroatoms. The summed E-state index contributed by atoms with van der Waals surface area (Å²) in [6, 6.07) is 0. The molecular weight excluding hydrogens is 302 g/mol. The number of nitrogens with zero attached hydrogens (tertiary/aromatic N) is 3. The van der Waals surface area contributed by atoms with Crippen molar-refractivity contribution in [3.05, 3.63) is 16.0 Å². The molecule has 0 radical (unpaired) electrons. The van der Waals surface area contributed by atoms with Crippen LogP contribution in [0.15, 0.2) is 10.7 Å². The smallest absolute Gasteiger partial charge is 0.224 e. The lowest BCUT2D eigenvalue weighted by molar-refractivity contribution is 0.669. The first kappa shape index (κ1) is 11.7. The lowest BCUT2D eigenvalue weighted by atomic mass is 10.3. The fourth-order valence-corrected chi connectivity index (χ4v) is 2.60. The van der Waals surface area contributed by atoms with Crippen LogP contribution < -0.4 is 4.90 Å². The van der Waals surface area contributed by atoms with Crippen LogP contribution >= 0.6 is 27.5 Å². The Balaban J connectivity index is 1.80. The number of hydrogen-bond acceptors (Lipinski definition) is 3. The summed E-state index contributed by atoms with van der Waals surface area (Å²) in [6.07, 6.45) is 7.18. The minimum Gasteiger partial charge on any atom is -0.355 e. The summed E-state index contributed by atoms with van der Waals surface area (Å²) < 4.78 is 0.947. The SMILES string of the molecule is Clc1ncc(Br)c(N(CC2CC2)CC2CC2)n1. The van der Waals surface area contributed by atoms with Crippen molar-refractivity contribution in [1.29, 1.82) is 0 Å². The molecule has 2 aliphatic carbocycles. The second kappa shape index (κ2) is 4.73. The molecule has 0 aliphatic heterocycles. The van der Waals surface area contributed by atoms with E-state index in [9.17, 15) is 0 Å². The zero-order valence-corrected chi connectivity index (χ0v) is 11.9. The molecule has 2 aliphatic rings. The number of halogens is 2. The van der Waals surface area contributed by atoms with Gasteiger partial charge in [0.1, 0.15) is 5.82 Å². The van der Waals surface area contributed by atoms with Crippen LogP contribution in [-0.4, -0.2) is 23.1 Å². The second-order valence-electron chi connectivity index (χ2n) is 5.10. The molecular formula is C12H15BrClN3. The van der Waals surface area contributed by atoms with E-state index in [1.54, 1.807) is 6.20 Å². The highest BCUT2D eigenvalue weighted by molar-refractivity contribution is 9.10. The Hall–Kier alpha value is -0.350. The number of rotatable bonds is 5. The van der Waals surface area contributed by atoms with Crippen molar-refractivity contribution < 1.29 is 0 Å². The van der Waals surface area contributed by atoms with E-state index in [2.05, 4.69) is 30.8 Å². The highest BCUT2D eigenvalue weighted by Crippen LogP contribution is 2.37.